The highest BCUT2D eigenvalue weighted by atomic mass is 16.5. The molecule has 0 amide bonds. The monoisotopic (exact) mass is 277 g/mol. The molecule has 0 heterocycles. The van der Waals surface area contributed by atoms with Crippen LogP contribution in [0.15, 0.2) is 18.2 Å². The van der Waals surface area contributed by atoms with Gasteiger partial charge in [-0.2, -0.15) is 0 Å². The molecule has 0 unspecified atom stereocenters. The number of hydrogen-bond donors (Lipinski definition) is 1. The Morgan fingerprint density at radius 2 is 1.85 bits per heavy atom. The Morgan fingerprint density at radius 3 is 2.55 bits per heavy atom. The van der Waals surface area contributed by atoms with Crippen molar-refractivity contribution in [2.24, 2.45) is 11.8 Å². The summed E-state index contributed by atoms with van der Waals surface area (Å²) in [5.74, 6) is 3.17. The van der Waals surface area contributed by atoms with Gasteiger partial charge in [0.25, 0.3) is 0 Å². The summed E-state index contributed by atoms with van der Waals surface area (Å²) in [4.78, 5) is 0. The zero-order valence-corrected chi connectivity index (χ0v) is 13.1. The van der Waals surface area contributed by atoms with E-state index in [0.29, 0.717) is 6.04 Å². The Hall–Kier alpha value is -1.22. The summed E-state index contributed by atoms with van der Waals surface area (Å²) < 4.78 is 10.6. The lowest BCUT2D eigenvalue weighted by Gasteiger charge is -2.34. The standard InChI is InChI=1S/C17H27NO2/c1-12-6-5-7-15(13(12)2)18-11-14-8-9-16(19-3)17(10-14)20-4/h8-10,12-13,15,18H,5-7,11H2,1-4H3/t12-,13-,15-/m0/s1. The predicted octanol–water partition coefficient (Wildman–Crippen LogP) is 3.62. The Balaban J connectivity index is 1.96. The summed E-state index contributed by atoms with van der Waals surface area (Å²) in [5.41, 5.74) is 1.24. The summed E-state index contributed by atoms with van der Waals surface area (Å²) in [6, 6.07) is 6.77. The van der Waals surface area contributed by atoms with Crippen LogP contribution in [0.2, 0.25) is 0 Å². The summed E-state index contributed by atoms with van der Waals surface area (Å²) in [5, 5.41) is 3.71. The second-order valence-corrected chi connectivity index (χ2v) is 5.94. The Labute approximate surface area is 122 Å². The Morgan fingerprint density at radius 1 is 1.10 bits per heavy atom. The Bertz CT molecular complexity index is 433. The fraction of sp³-hybridized carbons (Fsp3) is 0.647. The van der Waals surface area contributed by atoms with Gasteiger partial charge in [-0.1, -0.05) is 32.8 Å². The smallest absolute Gasteiger partial charge is 0.161 e. The van der Waals surface area contributed by atoms with Crippen molar-refractivity contribution in [3.05, 3.63) is 23.8 Å². The minimum absolute atomic E-state index is 0.631. The minimum atomic E-state index is 0.631. The lowest BCUT2D eigenvalue weighted by Crippen LogP contribution is -2.40. The SMILES string of the molecule is COc1ccc(CN[C@H]2CCC[C@H](C)[C@@H]2C)cc1OC. The third kappa shape index (κ3) is 3.45. The lowest BCUT2D eigenvalue weighted by atomic mass is 9.78. The van der Waals surface area contributed by atoms with Crippen LogP contribution in [0.25, 0.3) is 0 Å². The van der Waals surface area contributed by atoms with Gasteiger partial charge in [0.2, 0.25) is 0 Å². The molecular formula is C17H27NO2. The van der Waals surface area contributed by atoms with Crippen LogP contribution in [-0.4, -0.2) is 20.3 Å². The van der Waals surface area contributed by atoms with Crippen LogP contribution < -0.4 is 14.8 Å². The second-order valence-electron chi connectivity index (χ2n) is 5.94. The summed E-state index contributed by atoms with van der Waals surface area (Å²) in [6.45, 7) is 5.63. The molecule has 0 spiro atoms. The number of rotatable bonds is 5. The Kier molecular flexibility index (Phi) is 5.30. The quantitative estimate of drug-likeness (QED) is 0.891. The predicted molar refractivity (Wildman–Crippen MR) is 82.4 cm³/mol. The molecule has 0 bridgehead atoms. The first kappa shape index (κ1) is 15.2. The van der Waals surface area contributed by atoms with E-state index >= 15 is 0 Å². The second kappa shape index (κ2) is 6.98. The van der Waals surface area contributed by atoms with E-state index in [0.717, 1.165) is 29.9 Å². The van der Waals surface area contributed by atoms with Gasteiger partial charge in [-0.15, -0.1) is 0 Å². The molecule has 1 aliphatic carbocycles. The van der Waals surface area contributed by atoms with E-state index in [-0.39, 0.29) is 0 Å². The molecule has 112 valence electrons. The highest BCUT2D eigenvalue weighted by molar-refractivity contribution is 5.42. The van der Waals surface area contributed by atoms with Crippen LogP contribution in [-0.2, 0) is 6.54 Å². The van der Waals surface area contributed by atoms with Gasteiger partial charge in [-0.05, 0) is 36.0 Å². The van der Waals surface area contributed by atoms with E-state index in [1.807, 2.05) is 6.07 Å². The number of ether oxygens (including phenoxy) is 2. The lowest BCUT2D eigenvalue weighted by molar-refractivity contribution is 0.206. The van der Waals surface area contributed by atoms with Crippen LogP contribution in [0.5, 0.6) is 11.5 Å². The molecule has 1 aliphatic rings. The number of hydrogen-bond acceptors (Lipinski definition) is 3. The average Bonchev–Trinajstić information content (AvgIpc) is 2.48. The maximum Gasteiger partial charge on any atom is 0.161 e. The average molecular weight is 277 g/mol. The van der Waals surface area contributed by atoms with Gasteiger partial charge < -0.3 is 14.8 Å². The highest BCUT2D eigenvalue weighted by Crippen LogP contribution is 2.30. The third-order valence-electron chi connectivity index (χ3n) is 4.72. The fourth-order valence-corrected chi connectivity index (χ4v) is 3.11. The molecule has 1 aromatic carbocycles. The van der Waals surface area contributed by atoms with Crippen LogP contribution >= 0.6 is 0 Å². The molecule has 1 aromatic rings. The summed E-state index contributed by atoms with van der Waals surface area (Å²) in [6.07, 6.45) is 4.00. The normalized spacial score (nSPS) is 26.3. The van der Waals surface area contributed by atoms with E-state index in [9.17, 15) is 0 Å². The largest absolute Gasteiger partial charge is 0.493 e. The van der Waals surface area contributed by atoms with Gasteiger partial charge in [0, 0.05) is 12.6 Å². The van der Waals surface area contributed by atoms with Gasteiger partial charge in [0.15, 0.2) is 11.5 Å². The van der Waals surface area contributed by atoms with Crippen molar-refractivity contribution in [2.45, 2.75) is 45.7 Å². The van der Waals surface area contributed by atoms with Crippen molar-refractivity contribution in [1.29, 1.82) is 0 Å². The van der Waals surface area contributed by atoms with Crippen molar-refractivity contribution in [2.75, 3.05) is 14.2 Å². The first-order chi connectivity index (χ1) is 9.65. The fourth-order valence-electron chi connectivity index (χ4n) is 3.11. The molecule has 0 aromatic heterocycles. The molecular weight excluding hydrogens is 250 g/mol. The van der Waals surface area contributed by atoms with Gasteiger partial charge in [-0.25, -0.2) is 0 Å². The molecule has 2 rings (SSSR count). The van der Waals surface area contributed by atoms with Gasteiger partial charge in [0.1, 0.15) is 0 Å². The molecule has 0 radical (unpaired) electrons. The summed E-state index contributed by atoms with van der Waals surface area (Å²) >= 11 is 0. The van der Waals surface area contributed by atoms with Crippen molar-refractivity contribution in [3.63, 3.8) is 0 Å². The van der Waals surface area contributed by atoms with Crippen LogP contribution in [0.1, 0.15) is 38.7 Å². The van der Waals surface area contributed by atoms with Crippen LogP contribution in [0, 0.1) is 11.8 Å². The van der Waals surface area contributed by atoms with Crippen molar-refractivity contribution in [1.82, 2.24) is 5.32 Å². The molecule has 0 aliphatic heterocycles. The highest BCUT2D eigenvalue weighted by Gasteiger charge is 2.26. The van der Waals surface area contributed by atoms with Gasteiger partial charge in [0.05, 0.1) is 14.2 Å². The first-order valence-corrected chi connectivity index (χ1v) is 7.60. The molecule has 1 saturated carbocycles. The zero-order chi connectivity index (χ0) is 14.5. The maximum atomic E-state index is 5.35. The van der Waals surface area contributed by atoms with Gasteiger partial charge in [-0.3, -0.25) is 0 Å². The first-order valence-electron chi connectivity index (χ1n) is 7.60. The number of nitrogens with one attached hydrogen (secondary N) is 1. The molecule has 3 atom stereocenters. The van der Waals surface area contributed by atoms with E-state index in [2.05, 4.69) is 31.3 Å². The summed E-state index contributed by atoms with van der Waals surface area (Å²) in [7, 11) is 3.35. The van der Waals surface area contributed by atoms with E-state index in [4.69, 9.17) is 9.47 Å². The van der Waals surface area contributed by atoms with Crippen LogP contribution in [0.4, 0.5) is 0 Å². The van der Waals surface area contributed by atoms with E-state index < -0.39 is 0 Å². The van der Waals surface area contributed by atoms with Crippen LogP contribution in [0.3, 0.4) is 0 Å². The van der Waals surface area contributed by atoms with Gasteiger partial charge >= 0.3 is 0 Å². The van der Waals surface area contributed by atoms with Crippen molar-refractivity contribution in [3.8, 4) is 11.5 Å². The number of benzene rings is 1. The van der Waals surface area contributed by atoms with Crippen molar-refractivity contribution >= 4 is 0 Å². The third-order valence-corrected chi connectivity index (χ3v) is 4.72. The molecule has 3 nitrogen and oxygen atoms in total. The van der Waals surface area contributed by atoms with E-state index in [1.54, 1.807) is 14.2 Å². The number of methoxy groups -OCH3 is 2. The molecule has 0 saturated heterocycles. The molecule has 3 heteroatoms. The molecule has 1 N–H and O–H groups in total. The minimum Gasteiger partial charge on any atom is -0.493 e. The topological polar surface area (TPSA) is 30.5 Å². The van der Waals surface area contributed by atoms with E-state index in [1.165, 1.54) is 24.8 Å². The molecule has 1 fully saturated rings. The zero-order valence-electron chi connectivity index (χ0n) is 13.1. The maximum absolute atomic E-state index is 5.35. The van der Waals surface area contributed by atoms with Crippen molar-refractivity contribution < 1.29 is 9.47 Å². The molecule has 20 heavy (non-hydrogen) atoms.